The van der Waals surface area contributed by atoms with Crippen LogP contribution >= 0.6 is 11.3 Å². The standard InChI is InChI=1S/C17H20N2OS/c1-2-3-12-19(13-8-5-4-6-9-13)17-18-14-10-7-11-15(20)16(14)21-17/h4-6,8-9H,2-3,7,10-12H2,1H3. The number of unbranched alkanes of at least 4 members (excludes halogenated alkanes) is 1. The Morgan fingerprint density at radius 3 is 2.76 bits per heavy atom. The van der Waals surface area contributed by atoms with E-state index in [1.807, 2.05) is 18.2 Å². The molecular weight excluding hydrogens is 280 g/mol. The molecule has 0 unspecified atom stereocenters. The molecule has 0 N–H and O–H groups in total. The lowest BCUT2D eigenvalue weighted by Crippen LogP contribution is -2.18. The van der Waals surface area contributed by atoms with Crippen LogP contribution in [0.25, 0.3) is 0 Å². The third kappa shape index (κ3) is 3.00. The second kappa shape index (κ2) is 6.39. The molecule has 1 aliphatic rings. The molecule has 4 heteroatoms. The first-order valence-corrected chi connectivity index (χ1v) is 8.46. The van der Waals surface area contributed by atoms with Gasteiger partial charge in [-0.15, -0.1) is 0 Å². The number of thiazole rings is 1. The van der Waals surface area contributed by atoms with Gasteiger partial charge in [-0.2, -0.15) is 0 Å². The quantitative estimate of drug-likeness (QED) is 0.809. The minimum absolute atomic E-state index is 0.267. The summed E-state index contributed by atoms with van der Waals surface area (Å²) in [5.41, 5.74) is 2.16. The molecule has 1 aromatic carbocycles. The molecule has 21 heavy (non-hydrogen) atoms. The summed E-state index contributed by atoms with van der Waals surface area (Å²) in [4.78, 5) is 19.9. The van der Waals surface area contributed by atoms with E-state index in [0.29, 0.717) is 6.42 Å². The van der Waals surface area contributed by atoms with Crippen LogP contribution < -0.4 is 4.90 Å². The molecule has 0 bridgehead atoms. The second-order valence-corrected chi connectivity index (χ2v) is 6.37. The molecule has 0 saturated heterocycles. The van der Waals surface area contributed by atoms with Gasteiger partial charge in [0, 0.05) is 18.7 Å². The van der Waals surface area contributed by atoms with Gasteiger partial charge < -0.3 is 4.90 Å². The number of rotatable bonds is 5. The zero-order chi connectivity index (χ0) is 14.7. The fourth-order valence-corrected chi connectivity index (χ4v) is 3.76. The first kappa shape index (κ1) is 14.3. The van der Waals surface area contributed by atoms with Crippen molar-refractivity contribution in [2.75, 3.05) is 11.4 Å². The summed E-state index contributed by atoms with van der Waals surface area (Å²) in [6.45, 7) is 3.14. The van der Waals surface area contributed by atoms with Crippen molar-refractivity contribution in [2.45, 2.75) is 39.0 Å². The summed E-state index contributed by atoms with van der Waals surface area (Å²) in [6.07, 6.45) is 4.82. The molecule has 0 radical (unpaired) electrons. The summed E-state index contributed by atoms with van der Waals surface area (Å²) in [7, 11) is 0. The van der Waals surface area contributed by atoms with E-state index < -0.39 is 0 Å². The Balaban J connectivity index is 1.95. The second-order valence-electron chi connectivity index (χ2n) is 5.39. The highest BCUT2D eigenvalue weighted by atomic mass is 32.1. The first-order valence-electron chi connectivity index (χ1n) is 7.65. The summed E-state index contributed by atoms with van der Waals surface area (Å²) in [5, 5.41) is 0.968. The molecule has 110 valence electrons. The van der Waals surface area contributed by atoms with E-state index in [2.05, 4.69) is 24.0 Å². The van der Waals surface area contributed by atoms with Gasteiger partial charge in [-0.1, -0.05) is 42.9 Å². The van der Waals surface area contributed by atoms with Crippen molar-refractivity contribution in [2.24, 2.45) is 0 Å². The Hall–Kier alpha value is -1.68. The molecule has 0 atom stereocenters. The van der Waals surface area contributed by atoms with E-state index in [1.165, 1.54) is 0 Å². The number of aryl methyl sites for hydroxylation is 1. The molecule has 1 aliphatic carbocycles. The normalized spacial score (nSPS) is 14.0. The minimum atomic E-state index is 0.267. The lowest BCUT2D eigenvalue weighted by Gasteiger charge is -2.21. The molecule has 0 aliphatic heterocycles. The van der Waals surface area contributed by atoms with Gasteiger partial charge in [0.15, 0.2) is 10.9 Å². The van der Waals surface area contributed by atoms with Crippen LogP contribution in [0.3, 0.4) is 0 Å². The number of ketones is 1. The largest absolute Gasteiger partial charge is 0.318 e. The highest BCUT2D eigenvalue weighted by Gasteiger charge is 2.24. The van der Waals surface area contributed by atoms with Crippen LogP contribution in [0.2, 0.25) is 0 Å². The highest BCUT2D eigenvalue weighted by Crippen LogP contribution is 2.35. The molecular formula is C17H20N2OS. The van der Waals surface area contributed by atoms with Gasteiger partial charge in [0.25, 0.3) is 0 Å². The average Bonchev–Trinajstić information content (AvgIpc) is 2.94. The molecule has 0 spiro atoms. The highest BCUT2D eigenvalue weighted by molar-refractivity contribution is 7.17. The zero-order valence-corrected chi connectivity index (χ0v) is 13.2. The topological polar surface area (TPSA) is 33.2 Å². The van der Waals surface area contributed by atoms with Crippen LogP contribution in [0.4, 0.5) is 10.8 Å². The number of carbonyl (C=O) groups is 1. The molecule has 0 fully saturated rings. The van der Waals surface area contributed by atoms with E-state index in [4.69, 9.17) is 4.98 Å². The molecule has 1 aromatic heterocycles. The number of anilines is 2. The molecule has 3 nitrogen and oxygen atoms in total. The summed E-state index contributed by atoms with van der Waals surface area (Å²) >= 11 is 1.56. The van der Waals surface area contributed by atoms with Gasteiger partial charge in [0.05, 0.1) is 10.6 Å². The SMILES string of the molecule is CCCCN(c1ccccc1)c1nc2c(s1)C(=O)CCC2. The maximum atomic E-state index is 12.0. The van der Waals surface area contributed by atoms with Crippen LogP contribution in [-0.4, -0.2) is 17.3 Å². The minimum Gasteiger partial charge on any atom is -0.318 e. The van der Waals surface area contributed by atoms with Crippen molar-refractivity contribution in [3.63, 3.8) is 0 Å². The number of nitrogens with zero attached hydrogens (tertiary/aromatic N) is 2. The third-order valence-corrected chi connectivity index (χ3v) is 4.95. The van der Waals surface area contributed by atoms with Crippen LogP contribution in [0.1, 0.15) is 48.0 Å². The lowest BCUT2D eigenvalue weighted by atomic mass is 10.0. The van der Waals surface area contributed by atoms with Crippen molar-refractivity contribution < 1.29 is 4.79 Å². The van der Waals surface area contributed by atoms with Crippen molar-refractivity contribution in [1.82, 2.24) is 4.98 Å². The molecule has 0 amide bonds. The number of aromatic nitrogens is 1. The van der Waals surface area contributed by atoms with Crippen LogP contribution in [-0.2, 0) is 6.42 Å². The monoisotopic (exact) mass is 300 g/mol. The van der Waals surface area contributed by atoms with Crippen molar-refractivity contribution in [3.05, 3.63) is 40.9 Å². The van der Waals surface area contributed by atoms with Crippen molar-refractivity contribution in [3.8, 4) is 0 Å². The van der Waals surface area contributed by atoms with Crippen molar-refractivity contribution in [1.29, 1.82) is 0 Å². The van der Waals surface area contributed by atoms with Crippen LogP contribution in [0.5, 0.6) is 0 Å². The van der Waals surface area contributed by atoms with Crippen molar-refractivity contribution >= 4 is 27.9 Å². The van der Waals surface area contributed by atoms with E-state index in [9.17, 15) is 4.79 Å². The van der Waals surface area contributed by atoms with E-state index in [1.54, 1.807) is 11.3 Å². The van der Waals surface area contributed by atoms with E-state index in [0.717, 1.165) is 53.6 Å². The number of carbonyl (C=O) groups excluding carboxylic acids is 1. The average molecular weight is 300 g/mol. The zero-order valence-electron chi connectivity index (χ0n) is 12.3. The maximum Gasteiger partial charge on any atom is 0.190 e. The third-order valence-electron chi connectivity index (χ3n) is 3.79. The molecule has 1 heterocycles. The Kier molecular flexibility index (Phi) is 4.34. The first-order chi connectivity index (χ1) is 10.3. The van der Waals surface area contributed by atoms with Crippen LogP contribution in [0, 0.1) is 0 Å². The number of benzene rings is 1. The van der Waals surface area contributed by atoms with Gasteiger partial charge in [-0.25, -0.2) is 4.98 Å². The Morgan fingerprint density at radius 2 is 2.05 bits per heavy atom. The van der Waals surface area contributed by atoms with Crippen LogP contribution in [0.15, 0.2) is 30.3 Å². The van der Waals surface area contributed by atoms with E-state index in [-0.39, 0.29) is 5.78 Å². The summed E-state index contributed by atoms with van der Waals surface area (Å²) < 4.78 is 0. The van der Waals surface area contributed by atoms with Gasteiger partial charge in [-0.05, 0) is 31.4 Å². The Labute approximate surface area is 129 Å². The number of hydrogen-bond acceptors (Lipinski definition) is 4. The number of Topliss-reactive ketones (excluding diaryl/α,β-unsaturated/α-hetero) is 1. The smallest absolute Gasteiger partial charge is 0.190 e. The molecule has 3 rings (SSSR count). The summed E-state index contributed by atoms with van der Waals surface area (Å²) in [5.74, 6) is 0.267. The number of para-hydroxylation sites is 1. The number of fused-ring (bicyclic) bond motifs is 1. The summed E-state index contributed by atoms with van der Waals surface area (Å²) in [6, 6.07) is 10.3. The Morgan fingerprint density at radius 1 is 1.24 bits per heavy atom. The molecule has 2 aromatic rings. The van der Waals surface area contributed by atoms with Gasteiger partial charge in [0.1, 0.15) is 0 Å². The van der Waals surface area contributed by atoms with Gasteiger partial charge in [0.2, 0.25) is 0 Å². The lowest BCUT2D eigenvalue weighted by molar-refractivity contribution is 0.0976. The fraction of sp³-hybridized carbons (Fsp3) is 0.412. The van der Waals surface area contributed by atoms with E-state index >= 15 is 0 Å². The predicted octanol–water partition coefficient (Wildman–Crippen LogP) is 4.60. The number of hydrogen-bond donors (Lipinski definition) is 0. The van der Waals surface area contributed by atoms with Gasteiger partial charge >= 0.3 is 0 Å². The fourth-order valence-electron chi connectivity index (χ4n) is 2.63. The Bertz CT molecular complexity index is 621. The van der Waals surface area contributed by atoms with Gasteiger partial charge in [-0.3, -0.25) is 4.79 Å². The maximum absolute atomic E-state index is 12.0. The molecule has 0 saturated carbocycles. The predicted molar refractivity (Wildman–Crippen MR) is 87.7 cm³/mol.